The van der Waals surface area contributed by atoms with Gasteiger partial charge in [0.2, 0.25) is 0 Å². The molecule has 0 aromatic heterocycles. The molecule has 0 aliphatic carbocycles. The Bertz CT molecular complexity index is 3860. The number of benzene rings is 8. The van der Waals surface area contributed by atoms with Crippen molar-refractivity contribution in [2.45, 2.75) is 50.3 Å². The number of halogens is 2. The number of carbonyl (C=O) groups is 1. The average Bonchev–Trinajstić information content (AvgIpc) is 3.39. The van der Waals surface area contributed by atoms with Crippen molar-refractivity contribution in [3.63, 3.8) is 0 Å². The molecule has 8 rings (SSSR count). The maximum atomic E-state index is 13.5. The van der Waals surface area contributed by atoms with E-state index < -0.39 is 53.3 Å². The minimum absolute atomic E-state index is 0. The van der Waals surface area contributed by atoms with Gasteiger partial charge in [-0.1, -0.05) is 116 Å². The van der Waals surface area contributed by atoms with Crippen LogP contribution in [0, 0.1) is 0 Å². The van der Waals surface area contributed by atoms with E-state index in [1.54, 1.807) is 118 Å². The molecule has 0 aliphatic heterocycles. The SMILES string of the molecule is CCOc1ccccc1N=C([O-])c1cc2ccccc2c(N=Nc2cc(Cl)cc(CC)c2S(=O)(=O)O)c1[O-].CCOc1ccccc1NC(=O)c1cc2ccccc2c(N=Nc2cc(Cl)cc(CC)c2S(=O)(=O)O)c1O.[Ca+2]. The molecule has 0 unspecified atom stereocenters. The van der Waals surface area contributed by atoms with Gasteiger partial charge in [-0.05, 0) is 121 Å². The number of rotatable bonds is 16. The number of phenols is 1. The van der Waals surface area contributed by atoms with Crippen LogP contribution in [-0.4, -0.2) is 93.8 Å². The minimum atomic E-state index is -4.69. The van der Waals surface area contributed by atoms with Crippen molar-refractivity contribution >= 4 is 149 Å². The number of nitrogens with zero attached hydrogens (tertiary/aromatic N) is 5. The number of phenolic OH excluding ortho intramolecular Hbond substituents is 1. The Morgan fingerprint density at radius 1 is 0.597 bits per heavy atom. The summed E-state index contributed by atoms with van der Waals surface area (Å²) in [5.41, 5.74) is 0.121. The van der Waals surface area contributed by atoms with Crippen LogP contribution in [0.15, 0.2) is 169 Å². The number of nitrogens with one attached hydrogen (secondary N) is 1. The second-order valence-corrected chi connectivity index (χ2v) is 19.8. The second-order valence-electron chi connectivity index (χ2n) is 16.3. The number of aryl methyl sites for hydroxylation is 2. The fourth-order valence-corrected chi connectivity index (χ4v) is 10.2. The molecule has 77 heavy (non-hydrogen) atoms. The number of hydrogen-bond donors (Lipinski definition) is 4. The van der Waals surface area contributed by atoms with Crippen molar-refractivity contribution in [3.8, 4) is 23.0 Å². The number of anilines is 1. The first-order chi connectivity index (χ1) is 36.3. The maximum absolute atomic E-state index is 13.5. The first kappa shape index (κ1) is 59.5. The fraction of sp³-hybridized carbons (Fsp3) is 0.148. The number of aliphatic imine (C=N–C) groups is 1. The number of hydrogen-bond acceptors (Lipinski definition) is 15. The van der Waals surface area contributed by atoms with Crippen molar-refractivity contribution in [1.82, 2.24) is 0 Å². The molecule has 392 valence electrons. The van der Waals surface area contributed by atoms with E-state index in [0.717, 1.165) is 0 Å². The number of carbonyl (C=O) groups excluding carboxylic acids is 1. The fourth-order valence-electron chi connectivity index (χ4n) is 7.94. The molecule has 0 saturated heterocycles. The van der Waals surface area contributed by atoms with Gasteiger partial charge in [0.15, 0.2) is 5.75 Å². The van der Waals surface area contributed by atoms with Crippen LogP contribution in [0.3, 0.4) is 0 Å². The van der Waals surface area contributed by atoms with E-state index in [-0.39, 0.29) is 111 Å². The van der Waals surface area contributed by atoms with Crippen molar-refractivity contribution < 1.29 is 55.5 Å². The third-order valence-electron chi connectivity index (χ3n) is 11.3. The summed E-state index contributed by atoms with van der Waals surface area (Å²) in [6.07, 6.45) is 0.494. The Balaban J connectivity index is 0.000000246. The maximum Gasteiger partial charge on any atom is 2.00 e. The van der Waals surface area contributed by atoms with Crippen molar-refractivity contribution in [2.24, 2.45) is 25.4 Å². The normalized spacial score (nSPS) is 11.9. The van der Waals surface area contributed by atoms with Gasteiger partial charge >= 0.3 is 37.7 Å². The zero-order valence-corrected chi connectivity index (χ0v) is 46.9. The quantitative estimate of drug-likeness (QED) is 0.0231. The van der Waals surface area contributed by atoms with Crippen LogP contribution in [-0.2, 0) is 33.1 Å². The van der Waals surface area contributed by atoms with Crippen LogP contribution in [0.4, 0.5) is 34.1 Å². The van der Waals surface area contributed by atoms with E-state index in [2.05, 4.69) is 30.8 Å². The van der Waals surface area contributed by atoms with Crippen molar-refractivity contribution in [2.75, 3.05) is 18.5 Å². The van der Waals surface area contributed by atoms with E-state index in [1.165, 1.54) is 36.4 Å². The molecule has 8 aromatic carbocycles. The molecule has 8 aromatic rings. The van der Waals surface area contributed by atoms with Gasteiger partial charge in [0.05, 0.1) is 30.2 Å². The molecule has 0 fully saturated rings. The zero-order chi connectivity index (χ0) is 54.9. The molecule has 0 bridgehead atoms. The molecule has 0 atom stereocenters. The summed E-state index contributed by atoms with van der Waals surface area (Å²) >= 11 is 12.3. The Morgan fingerprint density at radius 3 is 1.58 bits per heavy atom. The summed E-state index contributed by atoms with van der Waals surface area (Å²) in [5, 5.41) is 59.0. The Kier molecular flexibility index (Phi) is 20.2. The first-order valence-corrected chi connectivity index (χ1v) is 26.8. The third kappa shape index (κ3) is 14.1. The van der Waals surface area contributed by atoms with Crippen LogP contribution in [0.1, 0.15) is 54.7 Å². The molecule has 0 radical (unpaired) electrons. The van der Waals surface area contributed by atoms with Gasteiger partial charge in [-0.15, -0.1) is 15.3 Å². The third-order valence-corrected chi connectivity index (χ3v) is 13.7. The average molecular weight is 1150 g/mol. The minimum Gasteiger partial charge on any atom is -0.871 e. The van der Waals surface area contributed by atoms with Crippen LogP contribution in [0.25, 0.3) is 21.5 Å². The summed E-state index contributed by atoms with van der Waals surface area (Å²) in [4.78, 5) is 16.4. The first-order valence-electron chi connectivity index (χ1n) is 23.2. The van der Waals surface area contributed by atoms with Crippen molar-refractivity contribution in [3.05, 3.63) is 166 Å². The summed E-state index contributed by atoms with van der Waals surface area (Å²) in [7, 11) is -9.35. The monoisotopic (exact) mass is 1140 g/mol. The molecule has 4 N–H and O–H groups in total. The largest absolute Gasteiger partial charge is 2.00 e. The van der Waals surface area contributed by atoms with E-state index in [4.69, 9.17) is 32.7 Å². The number of para-hydroxylation sites is 4. The van der Waals surface area contributed by atoms with E-state index in [9.17, 15) is 46.1 Å². The topological polar surface area (TPSA) is 284 Å². The molecule has 0 saturated carbocycles. The van der Waals surface area contributed by atoms with Gasteiger partial charge in [0.25, 0.3) is 26.1 Å². The number of azo groups is 2. The van der Waals surface area contributed by atoms with Crippen LogP contribution in [0.5, 0.6) is 23.0 Å². The van der Waals surface area contributed by atoms with Gasteiger partial charge in [-0.2, -0.15) is 21.9 Å². The summed E-state index contributed by atoms with van der Waals surface area (Å²) < 4.78 is 79.2. The smallest absolute Gasteiger partial charge is 0.871 e. The Hall–Kier alpha value is -6.72. The number of aromatic hydroxyl groups is 1. The molecule has 0 aliphatic rings. The molecular weight excluding hydrogens is 1100 g/mol. The van der Waals surface area contributed by atoms with Gasteiger partial charge in [0, 0.05) is 20.8 Å². The predicted octanol–water partition coefficient (Wildman–Crippen LogP) is 12.3. The molecule has 1 amide bonds. The van der Waals surface area contributed by atoms with Crippen LogP contribution < -0.4 is 25.0 Å². The predicted molar refractivity (Wildman–Crippen MR) is 294 cm³/mol. The van der Waals surface area contributed by atoms with Gasteiger partial charge in [-0.25, -0.2) is 0 Å². The number of ether oxygens (including phenoxy) is 2. The summed E-state index contributed by atoms with van der Waals surface area (Å²) in [6, 6.07) is 35.4. The summed E-state index contributed by atoms with van der Waals surface area (Å²) in [5.74, 6) is -1.78. The molecule has 0 heterocycles. The number of fused-ring (bicyclic) bond motifs is 2. The van der Waals surface area contributed by atoms with Gasteiger partial charge in [-0.3, -0.25) is 18.9 Å². The van der Waals surface area contributed by atoms with Crippen LogP contribution >= 0.6 is 23.2 Å². The van der Waals surface area contributed by atoms with Crippen LogP contribution in [0.2, 0.25) is 10.0 Å². The van der Waals surface area contributed by atoms with Gasteiger partial charge < -0.3 is 30.1 Å². The molecule has 0 spiro atoms. The van der Waals surface area contributed by atoms with Crippen molar-refractivity contribution in [1.29, 1.82) is 0 Å². The van der Waals surface area contributed by atoms with E-state index in [1.807, 2.05) is 6.92 Å². The molecular formula is C54H46CaCl2N6O12S2. The molecule has 23 heteroatoms. The summed E-state index contributed by atoms with van der Waals surface area (Å²) in [6.45, 7) is 7.77. The molecule has 18 nitrogen and oxygen atoms in total. The zero-order valence-electron chi connectivity index (χ0n) is 41.6. The second kappa shape index (κ2) is 26.1. The Morgan fingerprint density at radius 2 is 1.05 bits per heavy atom. The number of amides is 1. The van der Waals surface area contributed by atoms with Gasteiger partial charge in [0.1, 0.15) is 44.0 Å². The van der Waals surface area contributed by atoms with E-state index in [0.29, 0.717) is 51.9 Å². The van der Waals surface area contributed by atoms with E-state index >= 15 is 0 Å². The standard InChI is InChI=1S/2C27H24ClN3O6S.Ca/c2*1-3-16-13-18(28)15-22(26(16)38(34,35)36)30-31-24-19-10-6-5-9-17(19)14-20(25(24)32)27(33)29-21-11-7-8-12-23(21)37-4-2;/h2*5-15,32H,3-4H2,1-2H3,(H,29,33)(H,34,35,36);/q;;+2/p-2. The Labute approximate surface area is 483 Å².